The summed E-state index contributed by atoms with van der Waals surface area (Å²) in [7, 11) is 0. The maximum atomic E-state index is 9.37. The van der Waals surface area contributed by atoms with Crippen molar-refractivity contribution in [1.29, 1.82) is 5.26 Å². The third-order valence-electron chi connectivity index (χ3n) is 12.8. The van der Waals surface area contributed by atoms with Crippen molar-refractivity contribution in [1.82, 2.24) is 15.0 Å². The Balaban J connectivity index is 0.952. The molecule has 0 aliphatic heterocycles. The molecular weight excluding hydrogens is 765 g/mol. The zero-order valence-corrected chi connectivity index (χ0v) is 34.1. The van der Waals surface area contributed by atoms with E-state index in [2.05, 4.69) is 170 Å². The average Bonchev–Trinajstić information content (AvgIpc) is 3.83. The van der Waals surface area contributed by atoms with Gasteiger partial charge in [0.1, 0.15) is 0 Å². The molecule has 0 bridgehead atoms. The lowest BCUT2D eigenvalue weighted by Crippen LogP contribution is -2.25. The molecule has 10 aromatic rings. The van der Waals surface area contributed by atoms with Crippen LogP contribution >= 0.6 is 0 Å². The first kappa shape index (κ1) is 36.3. The number of nitrogens with zero attached hydrogens (tertiary/aromatic N) is 4. The van der Waals surface area contributed by atoms with Crippen LogP contribution in [-0.4, -0.2) is 15.0 Å². The minimum absolute atomic E-state index is 0.423. The van der Waals surface area contributed by atoms with Crippen molar-refractivity contribution in [3.05, 3.63) is 246 Å². The Kier molecular flexibility index (Phi) is 8.42. The standard InChI is InChI=1S/C59H36N4/c60-37-38-23-25-44(26-24-38)57-61-56(43-15-5-2-6-16-43)62-58(63-57)45-33-29-40(30-34-45)39-27-31-42(32-28-39)50-36-55-51(35-49(50)41-13-3-1-4-14-41)48-19-9-12-22-54(48)59(55)52-20-10-7-17-46(52)47-18-8-11-21-53(47)59/h1-36H. The van der Waals surface area contributed by atoms with Crippen LogP contribution in [0, 0.1) is 11.3 Å². The van der Waals surface area contributed by atoms with Crippen molar-refractivity contribution in [2.24, 2.45) is 0 Å². The molecule has 0 saturated carbocycles. The zero-order chi connectivity index (χ0) is 41.9. The summed E-state index contributed by atoms with van der Waals surface area (Å²) in [5.41, 5.74) is 20.3. The number of benzene rings is 9. The lowest BCUT2D eigenvalue weighted by Gasteiger charge is -2.31. The molecule has 0 saturated heterocycles. The van der Waals surface area contributed by atoms with Crippen molar-refractivity contribution in [3.63, 3.8) is 0 Å². The molecule has 2 aliphatic carbocycles. The molecule has 4 nitrogen and oxygen atoms in total. The minimum atomic E-state index is -0.423. The quantitative estimate of drug-likeness (QED) is 0.168. The Morgan fingerprint density at radius 2 is 0.635 bits per heavy atom. The highest BCUT2D eigenvalue weighted by molar-refractivity contribution is 5.99. The number of aromatic nitrogens is 3. The van der Waals surface area contributed by atoms with E-state index in [1.165, 1.54) is 61.2 Å². The van der Waals surface area contributed by atoms with Crippen LogP contribution in [0.4, 0.5) is 0 Å². The second-order valence-corrected chi connectivity index (χ2v) is 16.2. The third kappa shape index (κ3) is 5.79. The van der Waals surface area contributed by atoms with Gasteiger partial charge >= 0.3 is 0 Å². The minimum Gasteiger partial charge on any atom is -0.208 e. The van der Waals surface area contributed by atoms with Gasteiger partial charge in [0.15, 0.2) is 17.5 Å². The average molecular weight is 801 g/mol. The fourth-order valence-corrected chi connectivity index (χ4v) is 9.93. The molecule has 1 aromatic heterocycles. The molecule has 1 heterocycles. The Morgan fingerprint density at radius 1 is 0.286 bits per heavy atom. The molecule has 12 rings (SSSR count). The number of hydrogen-bond acceptors (Lipinski definition) is 4. The summed E-state index contributed by atoms with van der Waals surface area (Å²) in [6.07, 6.45) is 0. The van der Waals surface area contributed by atoms with E-state index in [-0.39, 0.29) is 0 Å². The molecule has 0 unspecified atom stereocenters. The molecule has 4 heteroatoms. The summed E-state index contributed by atoms with van der Waals surface area (Å²) in [5.74, 6) is 1.74. The predicted molar refractivity (Wildman–Crippen MR) is 253 cm³/mol. The van der Waals surface area contributed by atoms with E-state index in [4.69, 9.17) is 15.0 Å². The monoisotopic (exact) mass is 800 g/mol. The van der Waals surface area contributed by atoms with E-state index in [9.17, 15) is 5.26 Å². The number of hydrogen-bond donors (Lipinski definition) is 0. The largest absolute Gasteiger partial charge is 0.208 e. The fraction of sp³-hybridized carbons (Fsp3) is 0.0169. The van der Waals surface area contributed by atoms with Gasteiger partial charge in [-0.15, -0.1) is 0 Å². The van der Waals surface area contributed by atoms with Gasteiger partial charge in [-0.1, -0.05) is 182 Å². The van der Waals surface area contributed by atoms with Crippen LogP contribution in [0.3, 0.4) is 0 Å². The maximum Gasteiger partial charge on any atom is 0.164 e. The molecule has 0 N–H and O–H groups in total. The predicted octanol–water partition coefficient (Wildman–Crippen LogP) is 14.1. The SMILES string of the molecule is N#Cc1ccc(-c2nc(-c3ccccc3)nc(-c3ccc(-c4ccc(-c5cc6c(cc5-c5ccccc5)-c5ccccc5C65c6ccccc6-c6ccccc65)cc4)cc3)n2)cc1. The summed E-state index contributed by atoms with van der Waals surface area (Å²) in [4.78, 5) is 14.7. The van der Waals surface area contributed by atoms with E-state index in [0.29, 0.717) is 23.0 Å². The molecule has 63 heavy (non-hydrogen) atoms. The van der Waals surface area contributed by atoms with Gasteiger partial charge in [0.25, 0.3) is 0 Å². The van der Waals surface area contributed by atoms with Gasteiger partial charge in [-0.3, -0.25) is 0 Å². The van der Waals surface area contributed by atoms with Crippen LogP contribution < -0.4 is 0 Å². The Morgan fingerprint density at radius 3 is 1.13 bits per heavy atom. The van der Waals surface area contributed by atoms with E-state index in [0.717, 1.165) is 33.4 Å². The smallest absolute Gasteiger partial charge is 0.164 e. The first-order chi connectivity index (χ1) is 31.2. The van der Waals surface area contributed by atoms with Gasteiger partial charge in [-0.2, -0.15) is 5.26 Å². The lowest BCUT2D eigenvalue weighted by atomic mass is 9.70. The topological polar surface area (TPSA) is 62.5 Å². The van der Waals surface area contributed by atoms with Crippen LogP contribution in [0.15, 0.2) is 218 Å². The molecule has 2 aliphatic rings. The van der Waals surface area contributed by atoms with Gasteiger partial charge in [0.2, 0.25) is 0 Å². The van der Waals surface area contributed by atoms with E-state index in [1.807, 2.05) is 42.5 Å². The zero-order valence-electron chi connectivity index (χ0n) is 34.1. The molecular formula is C59H36N4. The number of nitriles is 1. The van der Waals surface area contributed by atoms with Crippen LogP contribution in [0.2, 0.25) is 0 Å². The van der Waals surface area contributed by atoms with Crippen molar-refractivity contribution < 1.29 is 0 Å². The van der Waals surface area contributed by atoms with Gasteiger partial charge in [0.05, 0.1) is 17.0 Å². The Hall–Kier alpha value is -8.52. The molecule has 0 radical (unpaired) electrons. The van der Waals surface area contributed by atoms with Crippen LogP contribution in [0.25, 0.3) is 89.8 Å². The molecule has 292 valence electrons. The second-order valence-electron chi connectivity index (χ2n) is 16.2. The molecule has 0 atom stereocenters. The maximum absolute atomic E-state index is 9.37. The van der Waals surface area contributed by atoms with Crippen molar-refractivity contribution in [3.8, 4) is 95.9 Å². The number of rotatable bonds is 6. The van der Waals surface area contributed by atoms with Gasteiger partial charge in [-0.05, 0) is 114 Å². The highest BCUT2D eigenvalue weighted by Gasteiger charge is 2.51. The Bertz CT molecular complexity index is 3380. The van der Waals surface area contributed by atoms with Gasteiger partial charge in [-0.25, -0.2) is 15.0 Å². The Labute approximate surface area is 366 Å². The summed E-state index contributed by atoms with van der Waals surface area (Å²) in [6.45, 7) is 0. The van der Waals surface area contributed by atoms with Crippen molar-refractivity contribution in [2.75, 3.05) is 0 Å². The second kappa shape index (κ2) is 14.6. The highest BCUT2D eigenvalue weighted by atomic mass is 15.0. The van der Waals surface area contributed by atoms with E-state index in [1.54, 1.807) is 12.1 Å². The third-order valence-corrected chi connectivity index (χ3v) is 12.8. The van der Waals surface area contributed by atoms with Crippen LogP contribution in [0.5, 0.6) is 0 Å². The summed E-state index contributed by atoms with van der Waals surface area (Å²) >= 11 is 0. The molecule has 0 fully saturated rings. The summed E-state index contributed by atoms with van der Waals surface area (Å²) in [5, 5.41) is 9.37. The molecule has 9 aromatic carbocycles. The normalized spacial score (nSPS) is 12.6. The molecule has 0 amide bonds. The highest BCUT2D eigenvalue weighted by Crippen LogP contribution is 2.63. The first-order valence-corrected chi connectivity index (χ1v) is 21.2. The van der Waals surface area contributed by atoms with E-state index < -0.39 is 5.41 Å². The van der Waals surface area contributed by atoms with Crippen LogP contribution in [-0.2, 0) is 5.41 Å². The fourth-order valence-electron chi connectivity index (χ4n) is 9.93. The van der Waals surface area contributed by atoms with E-state index >= 15 is 0 Å². The van der Waals surface area contributed by atoms with Crippen LogP contribution in [0.1, 0.15) is 27.8 Å². The molecule has 1 spiro atoms. The summed E-state index contributed by atoms with van der Waals surface area (Å²) in [6, 6.07) is 79.6. The van der Waals surface area contributed by atoms with Gasteiger partial charge < -0.3 is 0 Å². The van der Waals surface area contributed by atoms with Crippen molar-refractivity contribution >= 4 is 0 Å². The summed E-state index contributed by atoms with van der Waals surface area (Å²) < 4.78 is 0. The number of fused-ring (bicyclic) bond motifs is 10. The first-order valence-electron chi connectivity index (χ1n) is 21.2. The lowest BCUT2D eigenvalue weighted by molar-refractivity contribution is 0.794. The van der Waals surface area contributed by atoms with Gasteiger partial charge in [0, 0.05) is 16.7 Å². The van der Waals surface area contributed by atoms with Crippen molar-refractivity contribution in [2.45, 2.75) is 5.41 Å².